The zero-order chi connectivity index (χ0) is 25.0. The number of nitrogens with zero attached hydrogens (tertiary/aromatic N) is 1. The number of likely N-dealkylation sites (tertiary alicyclic amines) is 1. The topological polar surface area (TPSA) is 12.5 Å². The SMILES string of the molecule is C[C@]12CC=C3C=C4CC[C@H](N5CCC(F)(F)C5)C[C@]45CC[C@]3(O5)[C@@H]1CC[C@@H]2c1ccc2ccccc2c1. The molecule has 6 atom stereocenters. The first-order valence-electron chi connectivity index (χ1n) is 14.5. The fourth-order valence-electron chi connectivity index (χ4n) is 9.74. The molecule has 37 heavy (non-hydrogen) atoms. The lowest BCUT2D eigenvalue weighted by Gasteiger charge is -2.55. The third-order valence-corrected chi connectivity index (χ3v) is 11.5. The molecule has 0 aromatic heterocycles. The Labute approximate surface area is 218 Å². The van der Waals surface area contributed by atoms with Crippen LogP contribution in [0, 0.1) is 11.3 Å². The predicted molar refractivity (Wildman–Crippen MR) is 143 cm³/mol. The van der Waals surface area contributed by atoms with E-state index in [4.69, 9.17) is 4.74 Å². The Bertz CT molecular complexity index is 1350. The van der Waals surface area contributed by atoms with Crippen LogP contribution in [0.2, 0.25) is 0 Å². The predicted octanol–water partition coefficient (Wildman–Crippen LogP) is 7.79. The smallest absolute Gasteiger partial charge is 0.261 e. The van der Waals surface area contributed by atoms with Crippen LogP contribution >= 0.6 is 0 Å². The molecule has 3 aliphatic heterocycles. The van der Waals surface area contributed by atoms with E-state index >= 15 is 0 Å². The molecular formula is C33H37F2NO. The van der Waals surface area contributed by atoms with Crippen LogP contribution in [-0.4, -0.2) is 41.2 Å². The quantitative estimate of drug-likeness (QED) is 0.416. The standard InChI is InChI=1S/C33H37F2NO/c1-30-13-12-26-19-25-8-9-27(36-17-16-32(34,35)21-36)20-31(25)14-15-33(26,37-31)29(30)11-10-28(30)24-7-6-22-4-2-3-5-23(22)18-24/h2-7,12,18-19,27-29H,8-11,13-17,20-21H2,1H3/t27-,28+,29+,30+,31+,33+/m0/s1. The molecule has 2 saturated heterocycles. The molecule has 0 radical (unpaired) electrons. The highest BCUT2D eigenvalue weighted by Gasteiger charge is 2.66. The Kier molecular flexibility index (Phi) is 4.67. The highest BCUT2D eigenvalue weighted by atomic mass is 19.3. The van der Waals surface area contributed by atoms with E-state index in [2.05, 4.69) is 66.4 Å². The van der Waals surface area contributed by atoms with E-state index in [-0.39, 0.29) is 35.6 Å². The maximum Gasteiger partial charge on any atom is 0.261 e. The van der Waals surface area contributed by atoms with Crippen molar-refractivity contribution in [2.75, 3.05) is 13.1 Å². The fourth-order valence-corrected chi connectivity index (χ4v) is 9.74. The van der Waals surface area contributed by atoms with Gasteiger partial charge in [0.05, 0.1) is 17.7 Å². The summed E-state index contributed by atoms with van der Waals surface area (Å²) in [5.41, 5.74) is 4.10. The Morgan fingerprint density at radius 1 is 0.973 bits per heavy atom. The Balaban J connectivity index is 1.12. The van der Waals surface area contributed by atoms with Gasteiger partial charge in [-0.15, -0.1) is 0 Å². The molecule has 2 aromatic carbocycles. The number of benzene rings is 2. The van der Waals surface area contributed by atoms with Crippen LogP contribution in [0.15, 0.2) is 65.8 Å². The van der Waals surface area contributed by atoms with Crippen molar-refractivity contribution in [3.8, 4) is 0 Å². The molecule has 3 aliphatic carbocycles. The average molecular weight is 502 g/mol. The Morgan fingerprint density at radius 2 is 1.84 bits per heavy atom. The molecular weight excluding hydrogens is 464 g/mol. The van der Waals surface area contributed by atoms with Gasteiger partial charge in [-0.1, -0.05) is 61.5 Å². The first-order chi connectivity index (χ1) is 17.8. The number of rotatable bonds is 2. The summed E-state index contributed by atoms with van der Waals surface area (Å²) >= 11 is 0. The highest BCUT2D eigenvalue weighted by molar-refractivity contribution is 5.83. The zero-order valence-electron chi connectivity index (χ0n) is 21.8. The monoisotopic (exact) mass is 501 g/mol. The van der Waals surface area contributed by atoms with Crippen LogP contribution in [0.4, 0.5) is 8.78 Å². The van der Waals surface area contributed by atoms with Gasteiger partial charge in [0.1, 0.15) is 0 Å². The first-order valence-corrected chi connectivity index (χ1v) is 14.5. The van der Waals surface area contributed by atoms with E-state index in [1.165, 1.54) is 40.3 Å². The van der Waals surface area contributed by atoms with E-state index in [1.807, 2.05) is 0 Å². The second-order valence-corrected chi connectivity index (χ2v) is 13.3. The molecule has 3 heterocycles. The molecule has 194 valence electrons. The van der Waals surface area contributed by atoms with E-state index in [0.717, 1.165) is 38.5 Å². The van der Waals surface area contributed by atoms with Gasteiger partial charge in [-0.3, -0.25) is 4.90 Å². The molecule has 4 heteroatoms. The highest BCUT2D eigenvalue weighted by Crippen LogP contribution is 2.69. The van der Waals surface area contributed by atoms with Crippen molar-refractivity contribution >= 4 is 10.8 Å². The lowest BCUT2D eigenvalue weighted by molar-refractivity contribution is -0.141. The number of alkyl halides is 2. The summed E-state index contributed by atoms with van der Waals surface area (Å²) in [7, 11) is 0. The van der Waals surface area contributed by atoms with E-state index < -0.39 is 5.92 Å². The van der Waals surface area contributed by atoms with Gasteiger partial charge in [-0.25, -0.2) is 8.78 Å². The van der Waals surface area contributed by atoms with Gasteiger partial charge >= 0.3 is 0 Å². The van der Waals surface area contributed by atoms with Crippen molar-refractivity contribution in [3.63, 3.8) is 0 Å². The zero-order valence-corrected chi connectivity index (χ0v) is 21.8. The summed E-state index contributed by atoms with van der Waals surface area (Å²) in [6, 6.07) is 16.0. The molecule has 2 aromatic rings. The maximum atomic E-state index is 14.0. The molecule has 0 amide bonds. The largest absolute Gasteiger partial charge is 0.359 e. The van der Waals surface area contributed by atoms with Crippen molar-refractivity contribution in [1.82, 2.24) is 4.90 Å². The summed E-state index contributed by atoms with van der Waals surface area (Å²) in [5, 5.41) is 2.64. The van der Waals surface area contributed by atoms with Gasteiger partial charge in [0, 0.05) is 19.0 Å². The molecule has 2 spiro atoms. The number of hydrogen-bond acceptors (Lipinski definition) is 2. The minimum atomic E-state index is -2.53. The number of allylic oxidation sites excluding steroid dienone is 1. The molecule has 2 bridgehead atoms. The van der Waals surface area contributed by atoms with Crippen molar-refractivity contribution in [2.24, 2.45) is 11.3 Å². The summed E-state index contributed by atoms with van der Waals surface area (Å²) in [6.07, 6.45) is 13.5. The maximum absolute atomic E-state index is 14.0. The van der Waals surface area contributed by atoms with E-state index in [1.54, 1.807) is 0 Å². The van der Waals surface area contributed by atoms with Gasteiger partial charge < -0.3 is 4.74 Å². The van der Waals surface area contributed by atoms with E-state index in [9.17, 15) is 8.78 Å². The third-order valence-electron chi connectivity index (χ3n) is 11.5. The van der Waals surface area contributed by atoms with Crippen LogP contribution in [0.1, 0.15) is 76.2 Å². The summed E-state index contributed by atoms with van der Waals surface area (Å²) in [5.74, 6) is -1.49. The number of fused-ring (bicyclic) bond motifs is 2. The molecule has 0 unspecified atom stereocenters. The normalized spacial score (nSPS) is 42.2. The van der Waals surface area contributed by atoms with Gasteiger partial charge in [0.25, 0.3) is 5.92 Å². The van der Waals surface area contributed by atoms with Crippen LogP contribution in [-0.2, 0) is 4.74 Å². The van der Waals surface area contributed by atoms with Crippen LogP contribution in [0.25, 0.3) is 10.8 Å². The molecule has 4 fully saturated rings. The molecule has 2 nitrogen and oxygen atoms in total. The van der Waals surface area contributed by atoms with Gasteiger partial charge in [0.2, 0.25) is 0 Å². The second kappa shape index (κ2) is 7.54. The van der Waals surface area contributed by atoms with Gasteiger partial charge in [0.15, 0.2) is 0 Å². The van der Waals surface area contributed by atoms with Crippen molar-refractivity contribution in [2.45, 2.75) is 93.8 Å². The Hall–Kier alpha value is -2.04. The van der Waals surface area contributed by atoms with Gasteiger partial charge in [-0.05, 0) is 96.1 Å². The lowest BCUT2D eigenvalue weighted by Crippen LogP contribution is -2.55. The van der Waals surface area contributed by atoms with Crippen molar-refractivity contribution in [1.29, 1.82) is 0 Å². The van der Waals surface area contributed by atoms with Crippen LogP contribution in [0.3, 0.4) is 0 Å². The third kappa shape index (κ3) is 3.15. The summed E-state index contributed by atoms with van der Waals surface area (Å²) in [6.45, 7) is 2.98. The number of hydrogen-bond donors (Lipinski definition) is 0. The lowest BCUT2D eigenvalue weighted by atomic mass is 9.58. The van der Waals surface area contributed by atoms with E-state index in [0.29, 0.717) is 18.4 Å². The Morgan fingerprint density at radius 3 is 2.68 bits per heavy atom. The molecule has 2 saturated carbocycles. The van der Waals surface area contributed by atoms with Crippen molar-refractivity contribution < 1.29 is 13.5 Å². The number of ether oxygens (including phenoxy) is 1. The molecule has 0 N–H and O–H groups in total. The van der Waals surface area contributed by atoms with Gasteiger partial charge in [-0.2, -0.15) is 0 Å². The second-order valence-electron chi connectivity index (χ2n) is 13.3. The van der Waals surface area contributed by atoms with Crippen LogP contribution in [0.5, 0.6) is 0 Å². The van der Waals surface area contributed by atoms with Crippen LogP contribution < -0.4 is 0 Å². The molecule has 8 rings (SSSR count). The fraction of sp³-hybridized carbons (Fsp3) is 0.576. The minimum Gasteiger partial charge on any atom is -0.359 e. The first kappa shape index (κ1) is 22.9. The van der Waals surface area contributed by atoms with Crippen molar-refractivity contribution in [3.05, 3.63) is 71.3 Å². The average Bonchev–Trinajstić information content (AvgIpc) is 3.54. The molecule has 6 aliphatic rings. The number of halogens is 2. The summed E-state index contributed by atoms with van der Waals surface area (Å²) in [4.78, 5) is 2.07. The summed E-state index contributed by atoms with van der Waals surface area (Å²) < 4.78 is 35.5. The minimum absolute atomic E-state index is 0.00741.